The average Bonchev–Trinajstić information content (AvgIpc) is 2.81. The van der Waals surface area contributed by atoms with Crippen molar-refractivity contribution in [1.82, 2.24) is 0 Å². The predicted molar refractivity (Wildman–Crippen MR) is 133 cm³/mol. The number of rotatable bonds is 7. The Labute approximate surface area is 180 Å². The van der Waals surface area contributed by atoms with Gasteiger partial charge in [-0.05, 0) is 0 Å². The van der Waals surface area contributed by atoms with Crippen molar-refractivity contribution in [3.63, 3.8) is 0 Å². The average molecular weight is 457 g/mol. The molecule has 0 saturated heterocycles. The minimum absolute atomic E-state index is 1.25. The van der Waals surface area contributed by atoms with E-state index in [9.17, 15) is 0 Å². The molecule has 0 nitrogen and oxygen atoms in total. The molecule has 0 saturated carbocycles. The standard InChI is InChI=1S/C27H27AsP/c1-29(26-18-10-4-11-19-26,27-20-12-5-13-21-27)23-22-28(24-14-6-2-7-15-24)25-16-8-3-9-17-25/h2-21H,22-23H2,1H3/q+1. The molecule has 0 atom stereocenters. The van der Waals surface area contributed by atoms with Crippen LogP contribution in [0.25, 0.3) is 0 Å². The quantitative estimate of drug-likeness (QED) is 0.281. The summed E-state index contributed by atoms with van der Waals surface area (Å²) in [7, 11) is -1.43. The Hall–Kier alpha value is -2.13. The molecule has 0 heterocycles. The fourth-order valence-electron chi connectivity index (χ4n) is 3.84. The molecule has 144 valence electrons. The molecule has 0 spiro atoms. The van der Waals surface area contributed by atoms with Crippen molar-refractivity contribution in [2.45, 2.75) is 5.21 Å². The van der Waals surface area contributed by atoms with Crippen molar-refractivity contribution in [3.05, 3.63) is 121 Å². The van der Waals surface area contributed by atoms with E-state index >= 15 is 0 Å². The van der Waals surface area contributed by atoms with Crippen LogP contribution in [0.4, 0.5) is 0 Å². The first kappa shape index (κ1) is 20.2. The van der Waals surface area contributed by atoms with Crippen molar-refractivity contribution in [2.75, 3.05) is 12.8 Å². The van der Waals surface area contributed by atoms with Gasteiger partial charge in [0.05, 0.1) is 0 Å². The third-order valence-electron chi connectivity index (χ3n) is 5.56. The number of hydrogen-bond acceptors (Lipinski definition) is 0. The Balaban J connectivity index is 1.70. The zero-order valence-corrected chi connectivity index (χ0v) is 19.6. The van der Waals surface area contributed by atoms with Crippen LogP contribution in [0.3, 0.4) is 0 Å². The van der Waals surface area contributed by atoms with Crippen LogP contribution in [0.1, 0.15) is 0 Å². The van der Waals surface area contributed by atoms with E-state index in [0.29, 0.717) is 0 Å². The van der Waals surface area contributed by atoms with Crippen LogP contribution in [0.15, 0.2) is 121 Å². The second-order valence-electron chi connectivity index (χ2n) is 7.41. The van der Waals surface area contributed by atoms with Crippen molar-refractivity contribution >= 4 is 41.2 Å². The maximum absolute atomic E-state index is 2.53. The van der Waals surface area contributed by atoms with Crippen LogP contribution in [-0.4, -0.2) is 27.5 Å². The van der Waals surface area contributed by atoms with Crippen LogP contribution in [-0.2, 0) is 0 Å². The van der Waals surface area contributed by atoms with Gasteiger partial charge in [-0.1, -0.05) is 0 Å². The second kappa shape index (κ2) is 9.58. The minimum atomic E-state index is -1.43. The molecular formula is C27H27AsP+. The molecular weight excluding hydrogens is 430 g/mol. The van der Waals surface area contributed by atoms with E-state index in [1.54, 1.807) is 8.70 Å². The molecule has 29 heavy (non-hydrogen) atoms. The van der Waals surface area contributed by atoms with Crippen LogP contribution < -0.4 is 19.3 Å². The summed E-state index contributed by atoms with van der Waals surface area (Å²) in [5.41, 5.74) is 0. The Kier molecular flexibility index (Phi) is 6.66. The molecule has 0 unspecified atom stereocenters. The summed E-state index contributed by atoms with van der Waals surface area (Å²) in [5.74, 6) is 0. The van der Waals surface area contributed by atoms with Gasteiger partial charge < -0.3 is 0 Å². The first-order valence-corrected chi connectivity index (χ1v) is 15.7. The van der Waals surface area contributed by atoms with Gasteiger partial charge in [0.2, 0.25) is 0 Å². The third-order valence-corrected chi connectivity index (χ3v) is 15.6. The van der Waals surface area contributed by atoms with Gasteiger partial charge in [-0.3, -0.25) is 0 Å². The Bertz CT molecular complexity index is 922. The van der Waals surface area contributed by atoms with Crippen molar-refractivity contribution < 1.29 is 0 Å². The predicted octanol–water partition coefficient (Wildman–Crippen LogP) is 4.59. The number of hydrogen-bond donors (Lipinski definition) is 0. The SMILES string of the molecule is C[P+](CC[As](c1ccccc1)c1ccccc1)(c1ccccc1)c1ccccc1. The second-order valence-corrected chi connectivity index (χ2v) is 16.2. The third kappa shape index (κ3) is 4.72. The topological polar surface area (TPSA) is 0 Å². The molecule has 4 aromatic rings. The molecule has 0 aliphatic carbocycles. The fourth-order valence-corrected chi connectivity index (χ4v) is 14.6. The fraction of sp³-hybridized carbons (Fsp3) is 0.111. The molecule has 0 radical (unpaired) electrons. The Morgan fingerprint density at radius 2 is 0.862 bits per heavy atom. The van der Waals surface area contributed by atoms with E-state index < -0.39 is 21.9 Å². The summed E-state index contributed by atoms with van der Waals surface area (Å²) in [4.78, 5) is 0. The molecule has 0 amide bonds. The van der Waals surface area contributed by atoms with Crippen LogP contribution in [0.2, 0.25) is 5.21 Å². The summed E-state index contributed by atoms with van der Waals surface area (Å²) in [5, 5.41) is 4.32. The first-order valence-electron chi connectivity index (χ1n) is 10.1. The molecule has 0 bridgehead atoms. The molecule has 0 aliphatic heterocycles. The Morgan fingerprint density at radius 1 is 0.517 bits per heavy atom. The van der Waals surface area contributed by atoms with Crippen LogP contribution in [0.5, 0.6) is 0 Å². The molecule has 2 heteroatoms. The van der Waals surface area contributed by atoms with Gasteiger partial charge in [0, 0.05) is 0 Å². The molecule has 4 rings (SSSR count). The van der Waals surface area contributed by atoms with Gasteiger partial charge in [0.15, 0.2) is 0 Å². The van der Waals surface area contributed by atoms with E-state index in [2.05, 4.69) is 128 Å². The van der Waals surface area contributed by atoms with Gasteiger partial charge in [-0.2, -0.15) is 0 Å². The summed E-state index contributed by atoms with van der Waals surface area (Å²) >= 11 is -1.35. The molecule has 4 aromatic carbocycles. The first-order chi connectivity index (χ1) is 14.3. The van der Waals surface area contributed by atoms with E-state index in [1.807, 2.05) is 0 Å². The van der Waals surface area contributed by atoms with Gasteiger partial charge in [0.25, 0.3) is 0 Å². The van der Waals surface area contributed by atoms with Gasteiger partial charge in [0.1, 0.15) is 0 Å². The zero-order valence-electron chi connectivity index (χ0n) is 16.9. The molecule has 0 fully saturated rings. The normalized spacial score (nSPS) is 11.5. The van der Waals surface area contributed by atoms with E-state index in [4.69, 9.17) is 0 Å². The monoisotopic (exact) mass is 457 g/mol. The van der Waals surface area contributed by atoms with Gasteiger partial charge >= 0.3 is 181 Å². The van der Waals surface area contributed by atoms with E-state index in [-0.39, 0.29) is 0 Å². The maximum atomic E-state index is 2.53. The van der Waals surface area contributed by atoms with E-state index in [1.165, 1.54) is 22.0 Å². The van der Waals surface area contributed by atoms with Crippen molar-refractivity contribution in [2.24, 2.45) is 0 Å². The molecule has 0 N–H and O–H groups in total. The van der Waals surface area contributed by atoms with Crippen molar-refractivity contribution in [3.8, 4) is 0 Å². The summed E-state index contributed by atoms with van der Waals surface area (Å²) in [6.45, 7) is 2.53. The summed E-state index contributed by atoms with van der Waals surface area (Å²) in [6, 6.07) is 44.8. The number of benzene rings is 4. The van der Waals surface area contributed by atoms with E-state index in [0.717, 1.165) is 0 Å². The molecule has 0 aromatic heterocycles. The van der Waals surface area contributed by atoms with Crippen molar-refractivity contribution in [1.29, 1.82) is 0 Å². The summed E-state index contributed by atoms with van der Waals surface area (Å²) < 4.78 is 3.11. The van der Waals surface area contributed by atoms with Gasteiger partial charge in [-0.25, -0.2) is 0 Å². The summed E-state index contributed by atoms with van der Waals surface area (Å²) in [6.07, 6.45) is 1.25. The van der Waals surface area contributed by atoms with Gasteiger partial charge in [-0.15, -0.1) is 0 Å². The zero-order chi connectivity index (χ0) is 19.9. The van der Waals surface area contributed by atoms with Crippen LogP contribution in [0, 0.1) is 0 Å². The van der Waals surface area contributed by atoms with Crippen LogP contribution >= 0.6 is 7.26 Å². The molecule has 0 aliphatic rings. The Morgan fingerprint density at radius 3 is 1.24 bits per heavy atom.